The number of ether oxygens (including phenoxy) is 1. The number of unbranched alkanes of at least 4 members (excludes halogenated alkanes) is 1. The molecular formula is C20H18ClN3O4. The summed E-state index contributed by atoms with van der Waals surface area (Å²) in [5, 5.41) is 22.9. The first-order valence-corrected chi connectivity index (χ1v) is 8.93. The first-order chi connectivity index (χ1) is 13.5. The van der Waals surface area contributed by atoms with Gasteiger partial charge in [0.15, 0.2) is 0 Å². The monoisotopic (exact) mass is 399 g/mol. The number of nitriles is 1. The highest BCUT2D eigenvalue weighted by Crippen LogP contribution is 2.27. The lowest BCUT2D eigenvalue weighted by molar-refractivity contribution is -0.384. The predicted octanol–water partition coefficient (Wildman–Crippen LogP) is 4.97. The van der Waals surface area contributed by atoms with Gasteiger partial charge in [0.05, 0.1) is 22.2 Å². The van der Waals surface area contributed by atoms with Crippen molar-refractivity contribution in [2.24, 2.45) is 0 Å². The van der Waals surface area contributed by atoms with Gasteiger partial charge in [-0.1, -0.05) is 43.1 Å². The summed E-state index contributed by atoms with van der Waals surface area (Å²) < 4.78 is 5.70. The second-order valence-corrected chi connectivity index (χ2v) is 6.19. The van der Waals surface area contributed by atoms with E-state index in [2.05, 4.69) is 5.32 Å². The van der Waals surface area contributed by atoms with Crippen LogP contribution in [0.5, 0.6) is 5.75 Å². The molecule has 0 aliphatic heterocycles. The molecule has 8 heteroatoms. The molecule has 0 bridgehead atoms. The molecule has 0 fully saturated rings. The Kier molecular flexibility index (Phi) is 7.55. The standard InChI is InChI=1S/C20H18ClN3O4/c1-2-3-10-28-19-7-5-4-6-14(19)11-15(13-22)20(25)23-18-12-16(24(26)27)8-9-17(18)21/h4-9,11-12H,2-3,10H2,1H3,(H,23,25)/b15-11+. The summed E-state index contributed by atoms with van der Waals surface area (Å²) in [6.07, 6.45) is 3.27. The first kappa shape index (κ1) is 20.9. The maximum atomic E-state index is 12.5. The number of para-hydroxylation sites is 1. The highest BCUT2D eigenvalue weighted by atomic mass is 35.5. The Hall–Kier alpha value is -3.37. The maximum Gasteiger partial charge on any atom is 0.271 e. The van der Waals surface area contributed by atoms with Gasteiger partial charge in [-0.05, 0) is 24.6 Å². The lowest BCUT2D eigenvalue weighted by Gasteiger charge is -2.10. The molecule has 0 aliphatic carbocycles. The van der Waals surface area contributed by atoms with Gasteiger partial charge in [0.2, 0.25) is 0 Å². The number of amides is 1. The van der Waals surface area contributed by atoms with Crippen molar-refractivity contribution in [3.63, 3.8) is 0 Å². The summed E-state index contributed by atoms with van der Waals surface area (Å²) in [5.74, 6) is -0.168. The van der Waals surface area contributed by atoms with Crippen LogP contribution in [0, 0.1) is 21.4 Å². The van der Waals surface area contributed by atoms with E-state index < -0.39 is 10.8 Å². The average Bonchev–Trinajstić information content (AvgIpc) is 2.68. The van der Waals surface area contributed by atoms with E-state index in [9.17, 15) is 20.2 Å². The molecule has 0 radical (unpaired) electrons. The molecule has 0 unspecified atom stereocenters. The van der Waals surface area contributed by atoms with Crippen molar-refractivity contribution < 1.29 is 14.5 Å². The summed E-state index contributed by atoms with van der Waals surface area (Å²) >= 11 is 5.99. The fourth-order valence-corrected chi connectivity index (χ4v) is 2.44. The Morgan fingerprint density at radius 3 is 2.79 bits per heavy atom. The number of rotatable bonds is 8. The van der Waals surface area contributed by atoms with Crippen LogP contribution in [0.15, 0.2) is 48.0 Å². The number of hydrogen-bond donors (Lipinski definition) is 1. The van der Waals surface area contributed by atoms with Gasteiger partial charge in [0, 0.05) is 17.7 Å². The number of nitrogens with one attached hydrogen (secondary N) is 1. The maximum absolute atomic E-state index is 12.5. The van der Waals surface area contributed by atoms with Crippen molar-refractivity contribution in [3.8, 4) is 11.8 Å². The normalized spacial score (nSPS) is 10.8. The number of nitrogens with zero attached hydrogens (tertiary/aromatic N) is 2. The second kappa shape index (κ2) is 10.1. The number of benzene rings is 2. The van der Waals surface area contributed by atoms with Crippen molar-refractivity contribution in [1.82, 2.24) is 0 Å². The fraction of sp³-hybridized carbons (Fsp3) is 0.200. The zero-order valence-electron chi connectivity index (χ0n) is 15.1. The van der Waals surface area contributed by atoms with Crippen LogP contribution in [-0.4, -0.2) is 17.4 Å². The van der Waals surface area contributed by atoms with Crippen LogP contribution in [0.4, 0.5) is 11.4 Å². The van der Waals surface area contributed by atoms with Crippen LogP contribution in [0.3, 0.4) is 0 Å². The lowest BCUT2D eigenvalue weighted by Crippen LogP contribution is -2.14. The van der Waals surface area contributed by atoms with Crippen LogP contribution >= 0.6 is 11.6 Å². The minimum Gasteiger partial charge on any atom is -0.493 e. The Balaban J connectivity index is 2.26. The molecular weight excluding hydrogens is 382 g/mol. The number of nitro benzene ring substituents is 1. The topological polar surface area (TPSA) is 105 Å². The molecule has 28 heavy (non-hydrogen) atoms. The molecule has 0 aromatic heterocycles. The molecule has 0 aliphatic rings. The lowest BCUT2D eigenvalue weighted by atomic mass is 10.1. The number of non-ortho nitro benzene ring substituents is 1. The molecule has 0 saturated heterocycles. The third-order valence-corrected chi connectivity index (χ3v) is 4.08. The number of carbonyl (C=O) groups excluding carboxylic acids is 1. The molecule has 144 valence electrons. The van der Waals surface area contributed by atoms with Gasteiger partial charge in [-0.3, -0.25) is 14.9 Å². The van der Waals surface area contributed by atoms with Gasteiger partial charge in [-0.2, -0.15) is 5.26 Å². The van der Waals surface area contributed by atoms with E-state index in [4.69, 9.17) is 16.3 Å². The Labute approximate surface area is 167 Å². The molecule has 0 saturated carbocycles. The minimum absolute atomic E-state index is 0.0505. The van der Waals surface area contributed by atoms with Gasteiger partial charge in [0.1, 0.15) is 17.4 Å². The highest BCUT2D eigenvalue weighted by molar-refractivity contribution is 6.34. The molecule has 2 aromatic rings. The highest BCUT2D eigenvalue weighted by Gasteiger charge is 2.15. The molecule has 1 amide bonds. The molecule has 2 aromatic carbocycles. The summed E-state index contributed by atoms with van der Waals surface area (Å²) in [4.78, 5) is 22.8. The van der Waals surface area contributed by atoms with Crippen molar-refractivity contribution in [1.29, 1.82) is 5.26 Å². The smallest absolute Gasteiger partial charge is 0.271 e. The fourth-order valence-electron chi connectivity index (χ4n) is 2.27. The van der Waals surface area contributed by atoms with E-state index in [1.165, 1.54) is 18.2 Å². The number of carbonyl (C=O) groups is 1. The zero-order chi connectivity index (χ0) is 20.5. The summed E-state index contributed by atoms with van der Waals surface area (Å²) in [6, 6.07) is 12.6. The molecule has 2 rings (SSSR count). The van der Waals surface area contributed by atoms with E-state index in [0.29, 0.717) is 17.9 Å². The van der Waals surface area contributed by atoms with Gasteiger partial charge < -0.3 is 10.1 Å². The third kappa shape index (κ3) is 5.56. The van der Waals surface area contributed by atoms with Crippen molar-refractivity contribution in [3.05, 3.63) is 68.7 Å². The van der Waals surface area contributed by atoms with E-state index in [1.807, 2.05) is 13.0 Å². The quantitative estimate of drug-likeness (QED) is 0.222. The summed E-state index contributed by atoms with van der Waals surface area (Å²) in [6.45, 7) is 2.57. The Morgan fingerprint density at radius 2 is 2.11 bits per heavy atom. The Morgan fingerprint density at radius 1 is 1.36 bits per heavy atom. The van der Waals surface area contributed by atoms with Gasteiger partial charge >= 0.3 is 0 Å². The number of nitro groups is 1. The third-order valence-electron chi connectivity index (χ3n) is 3.75. The van der Waals surface area contributed by atoms with Crippen LogP contribution < -0.4 is 10.1 Å². The van der Waals surface area contributed by atoms with Gasteiger partial charge in [-0.25, -0.2) is 0 Å². The summed E-state index contributed by atoms with van der Waals surface area (Å²) in [5.41, 5.74) is 0.218. The van der Waals surface area contributed by atoms with Crippen LogP contribution in [0.25, 0.3) is 6.08 Å². The van der Waals surface area contributed by atoms with E-state index in [0.717, 1.165) is 18.9 Å². The minimum atomic E-state index is -0.728. The van der Waals surface area contributed by atoms with E-state index in [1.54, 1.807) is 24.3 Å². The molecule has 1 N–H and O–H groups in total. The summed E-state index contributed by atoms with van der Waals surface area (Å²) in [7, 11) is 0. The molecule has 0 atom stereocenters. The van der Waals surface area contributed by atoms with Gasteiger partial charge in [-0.15, -0.1) is 0 Å². The largest absolute Gasteiger partial charge is 0.493 e. The first-order valence-electron chi connectivity index (χ1n) is 8.55. The molecule has 0 heterocycles. The number of anilines is 1. The van der Waals surface area contributed by atoms with E-state index >= 15 is 0 Å². The van der Waals surface area contributed by atoms with E-state index in [-0.39, 0.29) is 22.0 Å². The Bertz CT molecular complexity index is 951. The number of halogens is 1. The SMILES string of the molecule is CCCCOc1ccccc1/C=C(\C#N)C(=O)Nc1cc([N+](=O)[O-])ccc1Cl. The van der Waals surface area contributed by atoms with Crippen molar-refractivity contribution in [2.45, 2.75) is 19.8 Å². The van der Waals surface area contributed by atoms with Crippen LogP contribution in [-0.2, 0) is 4.79 Å². The molecule has 7 nitrogen and oxygen atoms in total. The second-order valence-electron chi connectivity index (χ2n) is 5.79. The van der Waals surface area contributed by atoms with Crippen molar-refractivity contribution >= 4 is 35.0 Å². The zero-order valence-corrected chi connectivity index (χ0v) is 15.9. The molecule has 0 spiro atoms. The van der Waals surface area contributed by atoms with Crippen LogP contribution in [0.1, 0.15) is 25.3 Å². The predicted molar refractivity (Wildman–Crippen MR) is 107 cm³/mol. The number of hydrogen-bond acceptors (Lipinski definition) is 5. The van der Waals surface area contributed by atoms with Crippen LogP contribution in [0.2, 0.25) is 5.02 Å². The van der Waals surface area contributed by atoms with Gasteiger partial charge in [0.25, 0.3) is 11.6 Å². The van der Waals surface area contributed by atoms with Crippen molar-refractivity contribution in [2.75, 3.05) is 11.9 Å². The average molecular weight is 400 g/mol.